The Hall–Kier alpha value is -2.88. The molecule has 0 N–H and O–H groups in total. The first-order valence-corrected chi connectivity index (χ1v) is 10.1. The van der Waals surface area contributed by atoms with Gasteiger partial charge in [-0.2, -0.15) is 0 Å². The molecule has 0 unspecified atom stereocenters. The van der Waals surface area contributed by atoms with Crippen LogP contribution in [0.5, 0.6) is 5.75 Å². The molecule has 148 valence electrons. The number of benzene rings is 2. The molecule has 3 aliphatic rings. The first-order valence-electron chi connectivity index (χ1n) is 10.1. The summed E-state index contributed by atoms with van der Waals surface area (Å²) in [6, 6.07) is 13.1. The second kappa shape index (κ2) is 6.58. The predicted molar refractivity (Wildman–Crippen MR) is 111 cm³/mol. The van der Waals surface area contributed by atoms with Crippen molar-refractivity contribution in [1.29, 1.82) is 0 Å². The van der Waals surface area contributed by atoms with Crippen LogP contribution in [0, 0.1) is 23.1 Å². The smallest absolute Gasteiger partial charge is 0.336 e. The molecule has 3 aliphatic carbocycles. The molecule has 0 amide bonds. The van der Waals surface area contributed by atoms with E-state index in [1.807, 2.05) is 12.1 Å². The molecule has 1 heterocycles. The molecule has 0 spiro atoms. The van der Waals surface area contributed by atoms with E-state index < -0.39 is 5.63 Å². The highest BCUT2D eigenvalue weighted by molar-refractivity contribution is 5.93. The summed E-state index contributed by atoms with van der Waals surface area (Å²) in [6.07, 6.45) is 4.73. The van der Waals surface area contributed by atoms with Crippen LogP contribution in [0.3, 0.4) is 0 Å². The SMILES string of the molecule is CC1(C)[C@@H]2CC=C(COc3ccc4c(-c5ccc(F)cc5)cc(=O)oc4c3)[C@H]1C2. The van der Waals surface area contributed by atoms with Crippen LogP contribution in [0.1, 0.15) is 26.7 Å². The summed E-state index contributed by atoms with van der Waals surface area (Å²) in [5.41, 5.74) is 3.27. The van der Waals surface area contributed by atoms with Crippen molar-refractivity contribution in [3.8, 4) is 16.9 Å². The van der Waals surface area contributed by atoms with Gasteiger partial charge in [0.05, 0.1) is 0 Å². The Bertz CT molecular complexity index is 1170. The Morgan fingerprint density at radius 3 is 2.66 bits per heavy atom. The first kappa shape index (κ1) is 18.2. The Balaban J connectivity index is 1.43. The van der Waals surface area contributed by atoms with Crippen molar-refractivity contribution >= 4 is 11.0 Å². The zero-order valence-electron chi connectivity index (χ0n) is 16.6. The molecule has 2 aromatic carbocycles. The summed E-state index contributed by atoms with van der Waals surface area (Å²) in [5, 5.41) is 0.795. The van der Waals surface area contributed by atoms with Gasteiger partial charge in [-0.3, -0.25) is 0 Å². The molecular weight excluding hydrogens is 367 g/mol. The second-order valence-corrected chi connectivity index (χ2v) is 8.75. The molecule has 3 nitrogen and oxygen atoms in total. The molecule has 0 radical (unpaired) electrons. The molecule has 1 fully saturated rings. The second-order valence-electron chi connectivity index (χ2n) is 8.75. The van der Waals surface area contributed by atoms with Crippen molar-refractivity contribution in [2.75, 3.05) is 6.61 Å². The van der Waals surface area contributed by atoms with Gasteiger partial charge in [-0.25, -0.2) is 9.18 Å². The fourth-order valence-electron chi connectivity index (χ4n) is 4.91. The zero-order valence-corrected chi connectivity index (χ0v) is 16.6. The molecule has 0 aliphatic heterocycles. The first-order chi connectivity index (χ1) is 13.9. The number of fused-ring (bicyclic) bond motifs is 2. The largest absolute Gasteiger partial charge is 0.489 e. The minimum Gasteiger partial charge on any atom is -0.489 e. The van der Waals surface area contributed by atoms with E-state index >= 15 is 0 Å². The normalized spacial score (nSPS) is 22.1. The monoisotopic (exact) mass is 390 g/mol. The molecule has 2 bridgehead atoms. The third kappa shape index (κ3) is 3.07. The van der Waals surface area contributed by atoms with E-state index in [4.69, 9.17) is 9.15 Å². The third-order valence-corrected chi connectivity index (χ3v) is 6.86. The van der Waals surface area contributed by atoms with Crippen molar-refractivity contribution in [1.82, 2.24) is 0 Å². The van der Waals surface area contributed by atoms with Crippen molar-refractivity contribution in [3.05, 3.63) is 76.4 Å². The van der Waals surface area contributed by atoms with Gasteiger partial charge in [0.15, 0.2) is 0 Å². The van der Waals surface area contributed by atoms with Gasteiger partial charge in [-0.15, -0.1) is 0 Å². The summed E-state index contributed by atoms with van der Waals surface area (Å²) in [7, 11) is 0. The average molecular weight is 390 g/mol. The van der Waals surface area contributed by atoms with E-state index in [0.717, 1.165) is 28.9 Å². The molecule has 4 heteroatoms. The van der Waals surface area contributed by atoms with Crippen LogP contribution < -0.4 is 10.4 Å². The van der Waals surface area contributed by atoms with Crippen LogP contribution in [0.15, 0.2) is 69.4 Å². The van der Waals surface area contributed by atoms with Gasteiger partial charge < -0.3 is 9.15 Å². The highest BCUT2D eigenvalue weighted by atomic mass is 19.1. The lowest BCUT2D eigenvalue weighted by molar-refractivity contribution is -0.0115. The van der Waals surface area contributed by atoms with E-state index in [-0.39, 0.29) is 5.82 Å². The van der Waals surface area contributed by atoms with E-state index in [1.165, 1.54) is 30.2 Å². The van der Waals surface area contributed by atoms with Crippen LogP contribution >= 0.6 is 0 Å². The Labute approximate surface area is 168 Å². The van der Waals surface area contributed by atoms with Crippen LogP contribution in [0.25, 0.3) is 22.1 Å². The van der Waals surface area contributed by atoms with E-state index in [1.54, 1.807) is 18.2 Å². The fraction of sp³-hybridized carbons (Fsp3) is 0.320. The number of ether oxygens (including phenoxy) is 1. The molecule has 29 heavy (non-hydrogen) atoms. The van der Waals surface area contributed by atoms with Crippen molar-refractivity contribution in [3.63, 3.8) is 0 Å². The summed E-state index contributed by atoms with van der Waals surface area (Å²) >= 11 is 0. The van der Waals surface area contributed by atoms with Gasteiger partial charge in [0.2, 0.25) is 0 Å². The molecule has 2 atom stereocenters. The van der Waals surface area contributed by atoms with Crippen LogP contribution in [-0.2, 0) is 0 Å². The lowest BCUT2D eigenvalue weighted by atomic mass is 9.49. The van der Waals surface area contributed by atoms with Crippen LogP contribution in [-0.4, -0.2) is 6.61 Å². The Morgan fingerprint density at radius 1 is 1.14 bits per heavy atom. The van der Waals surface area contributed by atoms with Gasteiger partial charge in [0.25, 0.3) is 0 Å². The van der Waals surface area contributed by atoms with Crippen LogP contribution in [0.4, 0.5) is 4.39 Å². The van der Waals surface area contributed by atoms with Crippen molar-refractivity contribution in [2.45, 2.75) is 26.7 Å². The highest BCUT2D eigenvalue weighted by Gasteiger charge is 2.51. The van der Waals surface area contributed by atoms with Crippen molar-refractivity contribution in [2.24, 2.45) is 17.3 Å². The standard InChI is InChI=1S/C25H23FO3/c1-25(2)17-6-3-16(22(25)11-17)14-28-19-9-10-20-21(13-24(27)29-23(20)12-19)15-4-7-18(26)8-5-15/h3-5,7-10,12-13,17,22H,6,11,14H2,1-2H3/t17-,22-/m1/s1. The Kier molecular flexibility index (Phi) is 4.12. The maximum atomic E-state index is 13.3. The summed E-state index contributed by atoms with van der Waals surface area (Å²) < 4.78 is 24.7. The lowest BCUT2D eigenvalue weighted by Gasteiger charge is -2.56. The molecule has 6 rings (SSSR count). The maximum Gasteiger partial charge on any atom is 0.336 e. The molecule has 1 saturated carbocycles. The van der Waals surface area contributed by atoms with E-state index in [0.29, 0.717) is 29.3 Å². The van der Waals surface area contributed by atoms with E-state index in [2.05, 4.69) is 19.9 Å². The molecule has 1 aromatic heterocycles. The van der Waals surface area contributed by atoms with Gasteiger partial charge in [0.1, 0.15) is 23.8 Å². The number of allylic oxidation sites excluding steroid dienone is 1. The predicted octanol–water partition coefficient (Wildman–Crippen LogP) is 5.97. The number of hydrogen-bond donors (Lipinski definition) is 0. The van der Waals surface area contributed by atoms with Crippen molar-refractivity contribution < 1.29 is 13.5 Å². The number of rotatable bonds is 4. The Morgan fingerprint density at radius 2 is 1.93 bits per heavy atom. The fourth-order valence-corrected chi connectivity index (χ4v) is 4.91. The quantitative estimate of drug-likeness (QED) is 0.407. The molecule has 0 saturated heterocycles. The minimum absolute atomic E-state index is 0.310. The molecule has 3 aromatic rings. The number of hydrogen-bond acceptors (Lipinski definition) is 3. The minimum atomic E-state index is -0.439. The maximum absolute atomic E-state index is 13.3. The summed E-state index contributed by atoms with van der Waals surface area (Å²) in [6.45, 7) is 5.26. The summed E-state index contributed by atoms with van der Waals surface area (Å²) in [4.78, 5) is 12.1. The van der Waals surface area contributed by atoms with Gasteiger partial charge in [-0.05, 0) is 71.1 Å². The van der Waals surface area contributed by atoms with Gasteiger partial charge >= 0.3 is 5.63 Å². The number of halogens is 1. The summed E-state index contributed by atoms with van der Waals surface area (Å²) in [5.74, 6) is 1.77. The average Bonchev–Trinajstić information content (AvgIpc) is 2.72. The van der Waals surface area contributed by atoms with Crippen LogP contribution in [0.2, 0.25) is 0 Å². The van der Waals surface area contributed by atoms with Gasteiger partial charge in [-0.1, -0.05) is 32.1 Å². The van der Waals surface area contributed by atoms with E-state index in [9.17, 15) is 9.18 Å². The van der Waals surface area contributed by atoms with Gasteiger partial charge in [0, 0.05) is 17.5 Å². The highest BCUT2D eigenvalue weighted by Crippen LogP contribution is 2.59. The third-order valence-electron chi connectivity index (χ3n) is 6.86. The molecular formula is C25H23FO3. The zero-order chi connectivity index (χ0) is 20.2. The lowest BCUT2D eigenvalue weighted by Crippen LogP contribution is -2.48. The topological polar surface area (TPSA) is 39.4 Å².